The summed E-state index contributed by atoms with van der Waals surface area (Å²) in [7, 11) is 0. The largest absolute Gasteiger partial charge is 0.494 e. The first-order chi connectivity index (χ1) is 28.7. The van der Waals surface area contributed by atoms with E-state index < -0.39 is 5.24 Å². The molecule has 10 nitrogen and oxygen atoms in total. The maximum Gasteiger partial charge on any atom is 0.252 e. The van der Waals surface area contributed by atoms with Crippen LogP contribution >= 0.6 is 24.0 Å². The standard InChI is InChI=1S/C24H30N2O3.C12H15ClO2.C12H16N2O.ClH/c1-2-3-6-16-29-20-14-12-19(13-15-20)24(28)25-17-23(27)26-22-11-7-9-18-8-4-5-10-21(18)22;1-2-3-4-9-15-11-7-5-10(6-8-11)12(13)14;13-8-12(15)14-11-7-3-5-9-4-1-2-6-10(9)11;/h4-5,8,10,12-15,22H,2-3,6-7,9,11,16-17H2,1H3,(H,25,28)(H,26,27);5-8H,2-4,9H2,1H3;1-2,4,6,11H,3,5,7-8,13H2,(H,14,15);1H. The highest BCUT2D eigenvalue weighted by Gasteiger charge is 2.22. The zero-order chi connectivity index (χ0) is 42.2. The van der Waals surface area contributed by atoms with Gasteiger partial charge in [-0.3, -0.25) is 19.2 Å². The van der Waals surface area contributed by atoms with Crippen molar-refractivity contribution < 1.29 is 28.7 Å². The fourth-order valence-corrected chi connectivity index (χ4v) is 7.16. The van der Waals surface area contributed by atoms with Crippen LogP contribution in [0.3, 0.4) is 0 Å². The average molecular weight is 862 g/mol. The zero-order valence-electron chi connectivity index (χ0n) is 35.0. The van der Waals surface area contributed by atoms with Crippen molar-refractivity contribution in [2.24, 2.45) is 5.73 Å². The van der Waals surface area contributed by atoms with Crippen LogP contribution in [0.2, 0.25) is 0 Å². The number of hydrogen-bond acceptors (Lipinski definition) is 7. The maximum absolute atomic E-state index is 12.3. The Kier molecular flexibility index (Phi) is 22.9. The van der Waals surface area contributed by atoms with Gasteiger partial charge in [-0.1, -0.05) is 88.1 Å². The molecule has 0 saturated heterocycles. The van der Waals surface area contributed by atoms with E-state index in [9.17, 15) is 19.2 Å². The van der Waals surface area contributed by atoms with E-state index in [1.165, 1.54) is 35.1 Å². The number of benzene rings is 4. The van der Waals surface area contributed by atoms with Gasteiger partial charge in [0.05, 0.1) is 38.4 Å². The van der Waals surface area contributed by atoms with Crippen LogP contribution in [-0.4, -0.2) is 49.3 Å². The molecule has 2 atom stereocenters. The molecule has 6 rings (SSSR count). The number of hydrogen-bond donors (Lipinski definition) is 4. The summed E-state index contributed by atoms with van der Waals surface area (Å²) in [6.07, 6.45) is 13.1. The number of nitrogens with one attached hydrogen (secondary N) is 3. The van der Waals surface area contributed by atoms with Crippen LogP contribution < -0.4 is 31.2 Å². The molecule has 2 unspecified atom stereocenters. The zero-order valence-corrected chi connectivity index (χ0v) is 36.6. The number of nitrogens with two attached hydrogens (primary N) is 1. The molecule has 2 aliphatic carbocycles. The third kappa shape index (κ3) is 17.0. The summed E-state index contributed by atoms with van der Waals surface area (Å²) in [5, 5.41) is 8.27. The molecule has 0 heterocycles. The van der Waals surface area contributed by atoms with Crippen molar-refractivity contribution >= 4 is 47.0 Å². The molecule has 0 aromatic heterocycles. The van der Waals surface area contributed by atoms with Crippen LogP contribution in [0, 0.1) is 0 Å². The molecule has 324 valence electrons. The third-order valence-corrected chi connectivity index (χ3v) is 10.5. The molecule has 0 radical (unpaired) electrons. The molecule has 0 aliphatic heterocycles. The second kappa shape index (κ2) is 27.8. The number of carbonyl (C=O) groups excluding carboxylic acids is 4. The summed E-state index contributed by atoms with van der Waals surface area (Å²) in [6.45, 7) is 5.75. The predicted octanol–water partition coefficient (Wildman–Crippen LogP) is 9.37. The van der Waals surface area contributed by atoms with E-state index in [0.29, 0.717) is 17.7 Å². The van der Waals surface area contributed by atoms with Crippen molar-refractivity contribution in [1.29, 1.82) is 0 Å². The van der Waals surface area contributed by atoms with Crippen LogP contribution in [0.4, 0.5) is 0 Å². The Bertz CT molecular complexity index is 1910. The van der Waals surface area contributed by atoms with Crippen LogP contribution in [0.5, 0.6) is 11.5 Å². The summed E-state index contributed by atoms with van der Waals surface area (Å²) < 4.78 is 11.1. The highest BCUT2D eigenvalue weighted by atomic mass is 35.5. The summed E-state index contributed by atoms with van der Waals surface area (Å²) in [4.78, 5) is 46.7. The van der Waals surface area contributed by atoms with E-state index in [-0.39, 0.29) is 55.3 Å². The highest BCUT2D eigenvalue weighted by Crippen LogP contribution is 2.30. The van der Waals surface area contributed by atoms with Gasteiger partial charge in [-0.15, -0.1) is 12.4 Å². The number of halogens is 2. The van der Waals surface area contributed by atoms with E-state index in [1.807, 2.05) is 24.3 Å². The number of amides is 3. The number of carbonyl (C=O) groups is 4. The van der Waals surface area contributed by atoms with Gasteiger partial charge in [0.15, 0.2) is 0 Å². The maximum atomic E-state index is 12.3. The van der Waals surface area contributed by atoms with Gasteiger partial charge in [0.1, 0.15) is 11.5 Å². The Balaban J connectivity index is 0.000000262. The Morgan fingerprint density at radius 1 is 0.633 bits per heavy atom. The van der Waals surface area contributed by atoms with Crippen molar-refractivity contribution in [2.75, 3.05) is 26.3 Å². The summed E-state index contributed by atoms with van der Waals surface area (Å²) >= 11 is 5.32. The molecule has 12 heteroatoms. The molecular formula is C48H62Cl2N4O6. The number of fused-ring (bicyclic) bond motifs is 2. The minimum Gasteiger partial charge on any atom is -0.494 e. The summed E-state index contributed by atoms with van der Waals surface area (Å²) in [5.74, 6) is 1.04. The van der Waals surface area contributed by atoms with Gasteiger partial charge < -0.3 is 31.2 Å². The fraction of sp³-hybridized carbons (Fsp3) is 0.417. The van der Waals surface area contributed by atoms with E-state index in [2.05, 4.69) is 54.1 Å². The van der Waals surface area contributed by atoms with Crippen molar-refractivity contribution in [3.05, 3.63) is 130 Å². The van der Waals surface area contributed by atoms with Gasteiger partial charge in [0.25, 0.3) is 11.1 Å². The van der Waals surface area contributed by atoms with Gasteiger partial charge in [-0.2, -0.15) is 0 Å². The van der Waals surface area contributed by atoms with Crippen molar-refractivity contribution in [3.63, 3.8) is 0 Å². The molecule has 5 N–H and O–H groups in total. The van der Waals surface area contributed by atoms with E-state index in [0.717, 1.165) is 82.3 Å². The molecule has 0 bridgehead atoms. The van der Waals surface area contributed by atoms with Crippen molar-refractivity contribution in [1.82, 2.24) is 16.0 Å². The lowest BCUT2D eigenvalue weighted by atomic mass is 9.88. The Morgan fingerprint density at radius 2 is 1.08 bits per heavy atom. The van der Waals surface area contributed by atoms with E-state index >= 15 is 0 Å². The molecule has 0 fully saturated rings. The van der Waals surface area contributed by atoms with Gasteiger partial charge in [0, 0.05) is 11.1 Å². The smallest absolute Gasteiger partial charge is 0.252 e. The molecule has 0 saturated carbocycles. The lowest BCUT2D eigenvalue weighted by Crippen LogP contribution is -2.39. The molecule has 60 heavy (non-hydrogen) atoms. The molecule has 4 aromatic rings. The lowest BCUT2D eigenvalue weighted by Gasteiger charge is -2.26. The molecule has 2 aliphatic rings. The van der Waals surface area contributed by atoms with E-state index in [1.54, 1.807) is 48.5 Å². The monoisotopic (exact) mass is 860 g/mol. The number of ether oxygens (including phenoxy) is 2. The fourth-order valence-electron chi connectivity index (χ4n) is 7.04. The van der Waals surface area contributed by atoms with Gasteiger partial charge >= 0.3 is 0 Å². The van der Waals surface area contributed by atoms with Crippen LogP contribution in [0.25, 0.3) is 0 Å². The molecule has 3 amide bonds. The van der Waals surface area contributed by atoms with Crippen LogP contribution in [-0.2, 0) is 22.4 Å². The van der Waals surface area contributed by atoms with Crippen molar-refractivity contribution in [2.45, 2.75) is 103 Å². The summed E-state index contributed by atoms with van der Waals surface area (Å²) in [5.41, 5.74) is 11.4. The average Bonchev–Trinajstić information content (AvgIpc) is 3.27. The quantitative estimate of drug-likeness (QED) is 0.0611. The second-order valence-corrected chi connectivity index (χ2v) is 15.1. The second-order valence-electron chi connectivity index (χ2n) is 14.7. The lowest BCUT2D eigenvalue weighted by molar-refractivity contribution is -0.121. The van der Waals surface area contributed by atoms with Crippen LogP contribution in [0.1, 0.15) is 133 Å². The first-order valence-corrected chi connectivity index (χ1v) is 21.5. The topological polar surface area (TPSA) is 149 Å². The predicted molar refractivity (Wildman–Crippen MR) is 242 cm³/mol. The molecule has 0 spiro atoms. The first kappa shape index (κ1) is 49.5. The van der Waals surface area contributed by atoms with E-state index in [4.69, 9.17) is 26.8 Å². The SMILES string of the molecule is CCCCCOc1ccc(C(=O)Cl)cc1.CCCCCOc1ccc(C(=O)NCC(=O)NC2CCCc3ccccc32)cc1.Cl.NCC(=O)NC1CCCc2ccccc21. The van der Waals surface area contributed by atoms with Crippen molar-refractivity contribution in [3.8, 4) is 11.5 Å². The highest BCUT2D eigenvalue weighted by molar-refractivity contribution is 6.67. The Labute approximate surface area is 367 Å². The Morgan fingerprint density at radius 3 is 1.53 bits per heavy atom. The number of rotatable bonds is 17. The third-order valence-electron chi connectivity index (χ3n) is 10.2. The number of unbranched alkanes of at least 4 members (excludes halogenated alkanes) is 4. The molecule has 4 aromatic carbocycles. The minimum absolute atomic E-state index is 0. The normalized spacial score (nSPS) is 14.7. The summed E-state index contributed by atoms with van der Waals surface area (Å²) in [6, 6.07) is 30.6. The first-order valence-electron chi connectivity index (χ1n) is 21.1. The van der Waals surface area contributed by atoms with Gasteiger partial charge in [-0.25, -0.2) is 0 Å². The molecular weight excluding hydrogens is 799 g/mol. The minimum atomic E-state index is -0.437. The Hall–Kier alpha value is -4.90. The number of aryl methyl sites for hydroxylation is 2. The van der Waals surface area contributed by atoms with Gasteiger partial charge in [-0.05, 0) is 134 Å². The van der Waals surface area contributed by atoms with Crippen LogP contribution in [0.15, 0.2) is 97.1 Å². The van der Waals surface area contributed by atoms with Gasteiger partial charge in [0.2, 0.25) is 11.8 Å².